The normalized spacial score (nSPS) is 11.3. The van der Waals surface area contributed by atoms with Gasteiger partial charge < -0.3 is 13.9 Å². The van der Waals surface area contributed by atoms with E-state index in [2.05, 4.69) is 102 Å². The van der Waals surface area contributed by atoms with Crippen LogP contribution >= 0.6 is 0 Å². The first kappa shape index (κ1) is 34.8. The molecule has 0 aliphatic heterocycles. The molecule has 0 bridgehead atoms. The number of rotatable bonds is 10. The maximum atomic E-state index is 6.07. The molecular weight excluding hydrogens is 745 g/mol. The average molecular weight is 787 g/mol. The molecule has 0 saturated heterocycles. The van der Waals surface area contributed by atoms with Crippen LogP contribution in [0, 0.1) is 32.9 Å². The molecule has 1 radical (unpaired) electrons. The standard InChI is InChI=1S/C23H27N2O.C17H15N2.Ir/c1-4-9-21(5-2)26-17-19-12-13-22(18(3)16-19)25-15-14-24-23(25)20-10-7-6-8-11-20;1-13-8-9-16(14(2)12-13)19-11-10-18-17(19)15-6-4-3-5-7-15;/h6-8,10,12-16,21H,4-5,9,17H2,1-3H3;3-6,8-12H,1-2H3;/q2*-1;. The van der Waals surface area contributed by atoms with Gasteiger partial charge in [0.15, 0.2) is 0 Å². The van der Waals surface area contributed by atoms with Crippen LogP contribution in [0.5, 0.6) is 0 Å². The van der Waals surface area contributed by atoms with Crippen LogP contribution in [0.3, 0.4) is 0 Å². The van der Waals surface area contributed by atoms with E-state index in [4.69, 9.17) is 4.74 Å². The van der Waals surface area contributed by atoms with E-state index in [9.17, 15) is 0 Å². The molecular formula is C40H42IrN4O-2. The molecule has 0 N–H and O–H groups in total. The predicted octanol–water partition coefficient (Wildman–Crippen LogP) is 9.70. The summed E-state index contributed by atoms with van der Waals surface area (Å²) in [5.74, 6) is 1.83. The number of imidazole rings is 2. The molecule has 2 heterocycles. The Kier molecular flexibility index (Phi) is 12.9. The maximum Gasteiger partial charge on any atom is 0.0720 e. The molecule has 0 fully saturated rings. The van der Waals surface area contributed by atoms with E-state index in [0.29, 0.717) is 12.7 Å². The molecule has 6 heteroatoms. The Hall–Kier alpha value is -4.09. The van der Waals surface area contributed by atoms with Crippen LogP contribution in [0.1, 0.15) is 55.4 Å². The summed E-state index contributed by atoms with van der Waals surface area (Å²) in [5.41, 5.74) is 9.25. The van der Waals surface area contributed by atoms with Crippen molar-refractivity contribution in [2.45, 2.75) is 66.6 Å². The first-order valence-corrected chi connectivity index (χ1v) is 15.8. The van der Waals surface area contributed by atoms with Gasteiger partial charge in [0.2, 0.25) is 0 Å². The minimum atomic E-state index is 0. The number of aryl methyl sites for hydroxylation is 3. The van der Waals surface area contributed by atoms with Gasteiger partial charge in [-0.2, -0.15) is 0 Å². The average Bonchev–Trinajstić information content (AvgIpc) is 3.75. The molecule has 1 unspecified atom stereocenters. The van der Waals surface area contributed by atoms with Gasteiger partial charge in [-0.25, -0.2) is 0 Å². The maximum absolute atomic E-state index is 6.07. The van der Waals surface area contributed by atoms with Crippen molar-refractivity contribution in [3.05, 3.63) is 144 Å². The van der Waals surface area contributed by atoms with Gasteiger partial charge in [-0.05, 0) is 62.4 Å². The van der Waals surface area contributed by atoms with Crippen LogP contribution in [0.15, 0.2) is 110 Å². The summed E-state index contributed by atoms with van der Waals surface area (Å²) in [7, 11) is 0. The van der Waals surface area contributed by atoms with E-state index in [-0.39, 0.29) is 20.1 Å². The quantitative estimate of drug-likeness (QED) is 0.130. The Morgan fingerprint density at radius 1 is 0.717 bits per heavy atom. The Morgan fingerprint density at radius 2 is 1.28 bits per heavy atom. The molecule has 0 aliphatic rings. The summed E-state index contributed by atoms with van der Waals surface area (Å²) in [6, 6.07) is 35.3. The fraction of sp³-hybridized carbons (Fsp3) is 0.250. The van der Waals surface area contributed by atoms with Gasteiger partial charge in [-0.3, -0.25) is 9.97 Å². The van der Waals surface area contributed by atoms with Gasteiger partial charge in [0.05, 0.1) is 24.4 Å². The number of nitrogens with zero attached hydrogens (tertiary/aromatic N) is 4. The fourth-order valence-corrected chi connectivity index (χ4v) is 5.55. The minimum Gasteiger partial charge on any atom is -0.374 e. The predicted molar refractivity (Wildman–Crippen MR) is 184 cm³/mol. The van der Waals surface area contributed by atoms with Crippen molar-refractivity contribution in [2.24, 2.45) is 0 Å². The number of benzene rings is 4. The zero-order valence-corrected chi connectivity index (χ0v) is 29.7. The molecule has 0 saturated carbocycles. The van der Waals surface area contributed by atoms with Gasteiger partial charge in [0.1, 0.15) is 0 Å². The van der Waals surface area contributed by atoms with Gasteiger partial charge in [-0.15, -0.1) is 71.8 Å². The molecule has 5 nitrogen and oxygen atoms in total. The summed E-state index contributed by atoms with van der Waals surface area (Å²) < 4.78 is 10.3. The molecule has 4 aromatic carbocycles. The van der Waals surface area contributed by atoms with Crippen molar-refractivity contribution in [3.8, 4) is 34.2 Å². The van der Waals surface area contributed by atoms with Crippen LogP contribution in [0.2, 0.25) is 0 Å². The van der Waals surface area contributed by atoms with E-state index in [1.807, 2.05) is 73.3 Å². The van der Waals surface area contributed by atoms with Crippen molar-refractivity contribution in [3.63, 3.8) is 0 Å². The van der Waals surface area contributed by atoms with Gasteiger partial charge in [0.25, 0.3) is 0 Å². The Morgan fingerprint density at radius 3 is 1.76 bits per heavy atom. The summed E-state index contributed by atoms with van der Waals surface area (Å²) in [4.78, 5) is 8.98. The fourth-order valence-electron chi connectivity index (χ4n) is 5.55. The van der Waals surface area contributed by atoms with Crippen molar-refractivity contribution in [1.29, 1.82) is 0 Å². The second-order valence-electron chi connectivity index (χ2n) is 11.3. The Bertz CT molecular complexity index is 1790. The third-order valence-corrected chi connectivity index (χ3v) is 7.87. The van der Waals surface area contributed by atoms with Gasteiger partial charge >= 0.3 is 0 Å². The third kappa shape index (κ3) is 8.58. The zero-order valence-electron chi connectivity index (χ0n) is 27.3. The second kappa shape index (κ2) is 17.0. The van der Waals surface area contributed by atoms with Gasteiger partial charge in [-0.1, -0.05) is 50.1 Å². The second-order valence-corrected chi connectivity index (χ2v) is 11.3. The van der Waals surface area contributed by atoms with E-state index in [1.54, 1.807) is 0 Å². The smallest absolute Gasteiger partial charge is 0.0720 e. The topological polar surface area (TPSA) is 44.9 Å². The third-order valence-electron chi connectivity index (χ3n) is 7.87. The number of aromatic nitrogens is 4. The molecule has 239 valence electrons. The van der Waals surface area contributed by atoms with Crippen LogP contribution < -0.4 is 0 Å². The van der Waals surface area contributed by atoms with Gasteiger partial charge in [0, 0.05) is 56.3 Å². The summed E-state index contributed by atoms with van der Waals surface area (Å²) in [5, 5.41) is 0. The van der Waals surface area contributed by atoms with Crippen LogP contribution in [-0.4, -0.2) is 25.2 Å². The molecule has 2 aromatic heterocycles. The first-order valence-electron chi connectivity index (χ1n) is 15.8. The van der Waals surface area contributed by atoms with E-state index >= 15 is 0 Å². The van der Waals surface area contributed by atoms with Crippen molar-refractivity contribution >= 4 is 0 Å². The van der Waals surface area contributed by atoms with Crippen molar-refractivity contribution in [2.75, 3.05) is 0 Å². The molecule has 6 rings (SSSR count). The van der Waals surface area contributed by atoms with Crippen LogP contribution in [0.25, 0.3) is 34.2 Å². The van der Waals surface area contributed by atoms with E-state index in [0.717, 1.165) is 53.4 Å². The SMILES string of the molecule is CCCC(CC)OCc1ccc(-n2ccnc2-c2[c-]cccc2)c(C)c1.Cc1ccc(-n2ccnc2-c2[c-]cccc2)c(C)c1.[Ir]. The number of ether oxygens (including phenoxy) is 1. The summed E-state index contributed by atoms with van der Waals surface area (Å²) in [6.07, 6.45) is 11.4. The first-order chi connectivity index (χ1) is 22.0. The zero-order chi connectivity index (χ0) is 31.6. The van der Waals surface area contributed by atoms with E-state index in [1.165, 1.54) is 22.3 Å². The largest absolute Gasteiger partial charge is 0.374 e. The molecule has 46 heavy (non-hydrogen) atoms. The molecule has 0 spiro atoms. The molecule has 0 aliphatic carbocycles. The minimum absolute atomic E-state index is 0. The Labute approximate surface area is 287 Å². The van der Waals surface area contributed by atoms with Crippen LogP contribution in [0.4, 0.5) is 0 Å². The number of hydrogen-bond acceptors (Lipinski definition) is 3. The van der Waals surface area contributed by atoms with Crippen molar-refractivity contribution < 1.29 is 24.8 Å². The molecule has 1 atom stereocenters. The van der Waals surface area contributed by atoms with Crippen molar-refractivity contribution in [1.82, 2.24) is 19.1 Å². The summed E-state index contributed by atoms with van der Waals surface area (Å²) in [6.45, 7) is 11.4. The van der Waals surface area contributed by atoms with E-state index < -0.39 is 0 Å². The Balaban J connectivity index is 0.000000213. The molecule has 6 aromatic rings. The van der Waals surface area contributed by atoms with Crippen LogP contribution in [-0.2, 0) is 31.4 Å². The number of hydrogen-bond donors (Lipinski definition) is 0. The monoisotopic (exact) mass is 787 g/mol. The molecule has 0 amide bonds. The summed E-state index contributed by atoms with van der Waals surface area (Å²) >= 11 is 0.